The van der Waals surface area contributed by atoms with Crippen LogP contribution in [0.15, 0.2) is 54.6 Å². The van der Waals surface area contributed by atoms with Crippen molar-refractivity contribution in [2.75, 3.05) is 6.61 Å². The highest BCUT2D eigenvalue weighted by Gasteiger charge is 2.27. The van der Waals surface area contributed by atoms with Crippen LogP contribution in [0, 0.1) is 12.7 Å². The second-order valence-electron chi connectivity index (χ2n) is 7.37. The minimum absolute atomic E-state index is 0.0371. The lowest BCUT2D eigenvalue weighted by Crippen LogP contribution is -2.24. The van der Waals surface area contributed by atoms with Crippen molar-refractivity contribution in [3.8, 4) is 5.75 Å². The molecule has 0 spiro atoms. The molecule has 0 saturated heterocycles. The molecule has 1 heterocycles. The molecule has 0 radical (unpaired) electrons. The number of fused-ring (bicyclic) bond motifs is 2. The number of nitrogens with zero attached hydrogens (tertiary/aromatic N) is 1. The summed E-state index contributed by atoms with van der Waals surface area (Å²) in [6, 6.07) is 15.0. The number of amides is 1. The number of carboxylic acid groups (broad SMARTS) is 1. The van der Waals surface area contributed by atoms with E-state index in [2.05, 4.69) is 0 Å². The number of aliphatic carboxylic acids is 1. The number of carboxylic acids is 1. The zero-order valence-electron chi connectivity index (χ0n) is 19.1. The van der Waals surface area contributed by atoms with Gasteiger partial charge in [-0.05, 0) is 36.1 Å². The average Bonchev–Trinajstić information content (AvgIpc) is 3.08. The molecule has 8 heteroatoms. The second kappa shape index (κ2) is 10.2. The molecule has 0 aliphatic heterocycles. The highest BCUT2D eigenvalue weighted by Crippen LogP contribution is 2.40. The van der Waals surface area contributed by atoms with Gasteiger partial charge in [0.05, 0.1) is 16.5 Å². The minimum Gasteiger partial charge on any atom is -0.481 e. The smallest absolute Gasteiger partial charge is 0.341 e. The Morgan fingerprint density at radius 3 is 2.41 bits per heavy atom. The van der Waals surface area contributed by atoms with Crippen LogP contribution >= 0.6 is 0 Å². The molecule has 3 N–H and O–H groups in total. The predicted octanol–water partition coefficient (Wildman–Crippen LogP) is 4.45. The van der Waals surface area contributed by atoms with E-state index in [1.54, 1.807) is 35.8 Å². The van der Waals surface area contributed by atoms with Gasteiger partial charge >= 0.3 is 5.97 Å². The number of hydrogen-bond donors (Lipinski definition) is 2. The van der Waals surface area contributed by atoms with Crippen LogP contribution in [0.5, 0.6) is 5.75 Å². The van der Waals surface area contributed by atoms with Crippen molar-refractivity contribution >= 4 is 39.3 Å². The number of halogens is 1. The van der Waals surface area contributed by atoms with Gasteiger partial charge in [0, 0.05) is 17.6 Å². The van der Waals surface area contributed by atoms with Gasteiger partial charge in [0.25, 0.3) is 11.7 Å². The van der Waals surface area contributed by atoms with Crippen LogP contribution in [0.3, 0.4) is 0 Å². The van der Waals surface area contributed by atoms with E-state index in [0.717, 1.165) is 5.39 Å². The molecule has 34 heavy (non-hydrogen) atoms. The number of carbonyl (C=O) groups excluding carboxylic acids is 2. The van der Waals surface area contributed by atoms with Crippen LogP contribution < -0.4 is 10.5 Å². The Kier molecular flexibility index (Phi) is 7.31. The van der Waals surface area contributed by atoms with Gasteiger partial charge in [0.15, 0.2) is 6.61 Å². The molecule has 0 saturated carbocycles. The molecule has 1 amide bonds. The van der Waals surface area contributed by atoms with Gasteiger partial charge in [0.2, 0.25) is 0 Å². The summed E-state index contributed by atoms with van der Waals surface area (Å²) < 4.78 is 21.2. The van der Waals surface area contributed by atoms with Gasteiger partial charge < -0.3 is 20.1 Å². The molecule has 0 aliphatic carbocycles. The lowest BCUT2D eigenvalue weighted by atomic mass is 10.0. The first-order valence-electron chi connectivity index (χ1n) is 10.8. The van der Waals surface area contributed by atoms with Crippen LogP contribution in [-0.4, -0.2) is 33.9 Å². The average molecular weight is 464 g/mol. The summed E-state index contributed by atoms with van der Waals surface area (Å²) in [7, 11) is 0. The maximum atomic E-state index is 13.8. The van der Waals surface area contributed by atoms with Crippen molar-refractivity contribution in [1.29, 1.82) is 0 Å². The Bertz CT molecular complexity index is 1410. The van der Waals surface area contributed by atoms with E-state index in [-0.39, 0.29) is 17.9 Å². The Morgan fingerprint density at radius 1 is 1.06 bits per heavy atom. The number of ketones is 1. The molecular weight excluding hydrogens is 439 g/mol. The molecule has 0 atom stereocenters. The number of ether oxygens (including phenoxy) is 1. The molecule has 1 aromatic heterocycles. The summed E-state index contributed by atoms with van der Waals surface area (Å²) in [5, 5.41) is 10.8. The van der Waals surface area contributed by atoms with E-state index in [4.69, 9.17) is 15.6 Å². The summed E-state index contributed by atoms with van der Waals surface area (Å²) in [6.07, 6.45) is 0. The van der Waals surface area contributed by atoms with Crippen molar-refractivity contribution in [3.05, 3.63) is 77.2 Å². The highest BCUT2D eigenvalue weighted by atomic mass is 19.1. The maximum absolute atomic E-state index is 13.8. The van der Waals surface area contributed by atoms with Crippen LogP contribution in [0.1, 0.15) is 35.5 Å². The summed E-state index contributed by atoms with van der Waals surface area (Å²) in [5.74, 6) is -3.48. The molecule has 3 aromatic carbocycles. The lowest BCUT2D eigenvalue weighted by Gasteiger charge is -2.12. The normalized spacial score (nSPS) is 10.6. The van der Waals surface area contributed by atoms with Crippen LogP contribution in [0.2, 0.25) is 0 Å². The van der Waals surface area contributed by atoms with E-state index >= 15 is 0 Å². The van der Waals surface area contributed by atoms with E-state index in [0.29, 0.717) is 27.5 Å². The molecule has 0 fully saturated rings. The number of nitrogens with two attached hydrogens (primary N) is 1. The lowest BCUT2D eigenvalue weighted by molar-refractivity contribution is -0.139. The minimum atomic E-state index is -1.19. The topological polar surface area (TPSA) is 112 Å². The first kappa shape index (κ1) is 24.4. The standard InChI is InChI=1S/C24H19FN2O5.C2H6/c1-13-20(22(30)24(26)31)21-18(27(13)11-14-5-4-7-16(25)9-14)10-15-6-2-3-8-17(15)23(21)32-12-19(28)29;1-2/h2-10H,11-12H2,1H3,(H2,26,31)(H,28,29);1-2H3. The molecule has 0 aliphatic rings. The molecule has 176 valence electrons. The fourth-order valence-corrected chi connectivity index (χ4v) is 3.96. The largest absolute Gasteiger partial charge is 0.481 e. The van der Waals surface area contributed by atoms with Crippen LogP contribution in [0.4, 0.5) is 4.39 Å². The molecule has 4 aromatic rings. The Balaban J connectivity index is 0.00000158. The number of benzene rings is 3. The molecular formula is C26H25FN2O5. The zero-order valence-corrected chi connectivity index (χ0v) is 19.1. The van der Waals surface area contributed by atoms with E-state index in [1.807, 2.05) is 32.0 Å². The number of rotatable bonds is 7. The fraction of sp³-hybridized carbons (Fsp3) is 0.192. The van der Waals surface area contributed by atoms with E-state index < -0.39 is 30.1 Å². The van der Waals surface area contributed by atoms with Crippen molar-refractivity contribution < 1.29 is 28.6 Å². The van der Waals surface area contributed by atoms with Gasteiger partial charge in [-0.1, -0.05) is 50.2 Å². The summed E-state index contributed by atoms with van der Waals surface area (Å²) >= 11 is 0. The summed E-state index contributed by atoms with van der Waals surface area (Å²) in [4.78, 5) is 35.8. The third-order valence-electron chi connectivity index (χ3n) is 5.31. The quantitative estimate of drug-likeness (QED) is 0.310. The molecule has 0 unspecified atom stereocenters. The maximum Gasteiger partial charge on any atom is 0.341 e. The van der Waals surface area contributed by atoms with Gasteiger partial charge in [-0.3, -0.25) is 9.59 Å². The van der Waals surface area contributed by atoms with Gasteiger partial charge in [-0.25, -0.2) is 9.18 Å². The molecule has 7 nitrogen and oxygen atoms in total. The molecule has 0 bridgehead atoms. The van der Waals surface area contributed by atoms with Crippen molar-refractivity contribution in [2.45, 2.75) is 27.3 Å². The SMILES string of the molecule is CC.Cc1c(C(=O)C(N)=O)c2c(OCC(=O)O)c3ccccc3cc2n1Cc1cccc(F)c1. The van der Waals surface area contributed by atoms with Crippen molar-refractivity contribution in [1.82, 2.24) is 4.57 Å². The van der Waals surface area contributed by atoms with E-state index in [9.17, 15) is 18.8 Å². The Morgan fingerprint density at radius 2 is 1.76 bits per heavy atom. The van der Waals surface area contributed by atoms with E-state index in [1.165, 1.54) is 12.1 Å². The number of Topliss-reactive ketones (excluding diaryl/α,β-unsaturated/α-hetero) is 1. The third-order valence-corrected chi connectivity index (χ3v) is 5.31. The van der Waals surface area contributed by atoms with Gasteiger partial charge in [-0.2, -0.15) is 0 Å². The summed E-state index contributed by atoms with van der Waals surface area (Å²) in [6.45, 7) is 5.23. The number of carbonyl (C=O) groups is 3. The zero-order chi connectivity index (χ0) is 25.0. The van der Waals surface area contributed by atoms with Crippen molar-refractivity contribution in [3.63, 3.8) is 0 Å². The monoisotopic (exact) mass is 464 g/mol. The number of primary amides is 1. The second-order valence-corrected chi connectivity index (χ2v) is 7.37. The highest BCUT2D eigenvalue weighted by molar-refractivity contribution is 6.45. The third kappa shape index (κ3) is 4.61. The van der Waals surface area contributed by atoms with Crippen LogP contribution in [0.25, 0.3) is 21.7 Å². The van der Waals surface area contributed by atoms with Gasteiger partial charge in [0.1, 0.15) is 11.6 Å². The first-order chi connectivity index (χ1) is 16.3. The van der Waals surface area contributed by atoms with Crippen LogP contribution in [-0.2, 0) is 16.1 Å². The van der Waals surface area contributed by atoms with Gasteiger partial charge in [-0.15, -0.1) is 0 Å². The fourth-order valence-electron chi connectivity index (χ4n) is 3.96. The predicted molar refractivity (Wildman–Crippen MR) is 128 cm³/mol. The Hall–Kier alpha value is -4.20. The molecule has 4 rings (SSSR count). The first-order valence-corrected chi connectivity index (χ1v) is 10.8. The summed E-state index contributed by atoms with van der Waals surface area (Å²) in [5.41, 5.74) is 6.96. The number of hydrogen-bond acceptors (Lipinski definition) is 4. The Labute approximate surface area is 195 Å². The number of aromatic nitrogens is 1. The van der Waals surface area contributed by atoms with Crippen molar-refractivity contribution in [2.24, 2.45) is 5.73 Å².